The molecule has 42 heavy (non-hydrogen) atoms. The number of nitrogens with zero attached hydrogens (tertiary/aromatic N) is 6. The Morgan fingerprint density at radius 3 is 2.67 bits per heavy atom. The van der Waals surface area contributed by atoms with Crippen LogP contribution in [0.3, 0.4) is 0 Å². The maximum atomic E-state index is 13.0. The van der Waals surface area contributed by atoms with Gasteiger partial charge in [-0.3, -0.25) is 9.78 Å². The van der Waals surface area contributed by atoms with Gasteiger partial charge in [0.2, 0.25) is 0 Å². The third kappa shape index (κ3) is 5.33. The molecule has 14 heteroatoms. The van der Waals surface area contributed by atoms with Crippen LogP contribution in [-0.2, 0) is 19.6 Å². The first-order valence-corrected chi connectivity index (χ1v) is 14.3. The van der Waals surface area contributed by atoms with Gasteiger partial charge < -0.3 is 9.88 Å². The molecule has 5 heterocycles. The predicted octanol–water partition coefficient (Wildman–Crippen LogP) is 4.79. The van der Waals surface area contributed by atoms with Gasteiger partial charge in [0, 0.05) is 45.4 Å². The maximum Gasteiger partial charge on any atom is 0.406 e. The molecule has 0 radical (unpaired) electrons. The van der Waals surface area contributed by atoms with E-state index in [1.165, 1.54) is 11.3 Å². The van der Waals surface area contributed by atoms with Gasteiger partial charge >= 0.3 is 11.9 Å². The minimum Gasteiger partial charge on any atom is -0.345 e. The van der Waals surface area contributed by atoms with E-state index in [9.17, 15) is 28.0 Å². The second kappa shape index (κ2) is 10.7. The summed E-state index contributed by atoms with van der Waals surface area (Å²) in [5, 5.41) is 18.6. The van der Waals surface area contributed by atoms with E-state index in [0.29, 0.717) is 28.2 Å². The van der Waals surface area contributed by atoms with Crippen molar-refractivity contribution in [2.75, 3.05) is 13.1 Å². The number of rotatable bonds is 6. The van der Waals surface area contributed by atoms with Crippen molar-refractivity contribution in [2.24, 2.45) is 5.41 Å². The van der Waals surface area contributed by atoms with Crippen LogP contribution in [0.5, 0.6) is 0 Å². The van der Waals surface area contributed by atoms with Gasteiger partial charge in [0.1, 0.15) is 12.7 Å². The van der Waals surface area contributed by atoms with Gasteiger partial charge in [-0.05, 0) is 56.3 Å². The Hall–Kier alpha value is -3.99. The SMILES string of the molecule is N#CC1(Cn2ccc3cc(Cl)cc(-c4ccnc5cc(Cn6ncc(=O)n(CC(F)(F)F)c6=O)sc45)c32)CCNCC1. The van der Waals surface area contributed by atoms with Crippen LogP contribution in [-0.4, -0.2) is 43.2 Å². The minimum atomic E-state index is -4.74. The molecule has 216 valence electrons. The fourth-order valence-corrected chi connectivity index (χ4v) is 6.87. The largest absolute Gasteiger partial charge is 0.406 e. The van der Waals surface area contributed by atoms with Gasteiger partial charge in [0.15, 0.2) is 0 Å². The number of fused-ring (bicyclic) bond motifs is 2. The van der Waals surface area contributed by atoms with Crippen molar-refractivity contribution in [3.8, 4) is 17.2 Å². The Balaban J connectivity index is 1.43. The van der Waals surface area contributed by atoms with Crippen LogP contribution < -0.4 is 16.6 Å². The lowest BCUT2D eigenvalue weighted by Crippen LogP contribution is -2.43. The first kappa shape index (κ1) is 28.1. The molecule has 0 aliphatic carbocycles. The van der Waals surface area contributed by atoms with E-state index in [1.807, 2.05) is 30.5 Å². The molecule has 0 saturated carbocycles. The summed E-state index contributed by atoms with van der Waals surface area (Å²) in [6.07, 6.45) is 1.08. The molecule has 1 saturated heterocycles. The summed E-state index contributed by atoms with van der Waals surface area (Å²) in [7, 11) is 0. The van der Waals surface area contributed by atoms with Gasteiger partial charge in [0.25, 0.3) is 5.56 Å². The van der Waals surface area contributed by atoms with E-state index in [1.54, 1.807) is 12.3 Å². The van der Waals surface area contributed by atoms with Crippen molar-refractivity contribution in [1.82, 2.24) is 29.2 Å². The van der Waals surface area contributed by atoms with Gasteiger partial charge in [0.05, 0.1) is 33.8 Å². The third-order valence-electron chi connectivity index (χ3n) is 7.52. The van der Waals surface area contributed by atoms with E-state index < -0.39 is 29.4 Å². The van der Waals surface area contributed by atoms with Crippen LogP contribution in [0.25, 0.3) is 32.2 Å². The first-order valence-electron chi connectivity index (χ1n) is 13.1. The molecule has 5 aromatic rings. The standard InChI is InChI=1S/C28H23ClF3N7O2S/c29-18-9-17-2-8-37(15-27(14-33)3-6-34-7-4-27)24(17)21(10-18)20-1-5-35-22-11-19(42-25(20)22)13-39-26(41)38(16-28(30,31)32)23(40)12-36-39/h1-2,5,8-12,34H,3-4,6-7,13,15-16H2. The summed E-state index contributed by atoms with van der Waals surface area (Å²) in [4.78, 5) is 29.7. The Morgan fingerprint density at radius 1 is 1.14 bits per heavy atom. The zero-order valence-electron chi connectivity index (χ0n) is 22.0. The molecule has 1 fully saturated rings. The van der Waals surface area contributed by atoms with Gasteiger partial charge in [-0.25, -0.2) is 14.0 Å². The van der Waals surface area contributed by atoms with Crippen molar-refractivity contribution in [3.05, 3.63) is 79.7 Å². The normalized spacial score (nSPS) is 15.3. The molecule has 1 aliphatic heterocycles. The highest BCUT2D eigenvalue weighted by molar-refractivity contribution is 7.19. The summed E-state index contributed by atoms with van der Waals surface area (Å²) >= 11 is 7.87. The molecule has 4 aromatic heterocycles. The van der Waals surface area contributed by atoms with E-state index in [-0.39, 0.29) is 11.1 Å². The highest BCUT2D eigenvalue weighted by atomic mass is 35.5. The Morgan fingerprint density at radius 2 is 1.93 bits per heavy atom. The summed E-state index contributed by atoms with van der Waals surface area (Å²) in [6.45, 7) is 0.242. The topological polar surface area (TPSA) is 111 Å². The zero-order chi connectivity index (χ0) is 29.6. The number of benzene rings is 1. The van der Waals surface area contributed by atoms with Crippen molar-refractivity contribution >= 4 is 44.1 Å². The number of alkyl halides is 3. The Kier molecular flexibility index (Phi) is 7.16. The molecule has 0 unspecified atom stereocenters. The average Bonchev–Trinajstić information content (AvgIpc) is 3.55. The van der Waals surface area contributed by atoms with Crippen LogP contribution in [0.2, 0.25) is 5.02 Å². The highest BCUT2D eigenvalue weighted by Gasteiger charge is 2.33. The molecular weight excluding hydrogens is 591 g/mol. The fourth-order valence-electron chi connectivity index (χ4n) is 5.52. The number of thiophene rings is 1. The Labute approximate surface area is 245 Å². The average molecular weight is 614 g/mol. The second-order valence-electron chi connectivity index (χ2n) is 10.4. The molecule has 6 rings (SSSR count). The highest BCUT2D eigenvalue weighted by Crippen LogP contribution is 2.40. The van der Waals surface area contributed by atoms with Crippen LogP contribution in [0, 0.1) is 16.7 Å². The zero-order valence-corrected chi connectivity index (χ0v) is 23.6. The molecule has 9 nitrogen and oxygen atoms in total. The molecule has 0 bridgehead atoms. The van der Waals surface area contributed by atoms with Crippen molar-refractivity contribution in [1.29, 1.82) is 5.26 Å². The van der Waals surface area contributed by atoms with E-state index in [0.717, 1.165) is 57.3 Å². The summed E-state index contributed by atoms with van der Waals surface area (Å²) in [5.74, 6) is 0. The lowest BCUT2D eigenvalue weighted by Gasteiger charge is -2.32. The molecule has 0 atom stereocenters. The molecule has 0 spiro atoms. The number of pyridine rings is 1. The van der Waals surface area contributed by atoms with Crippen LogP contribution >= 0.6 is 22.9 Å². The lowest BCUT2D eigenvalue weighted by atomic mass is 9.80. The number of aromatic nitrogens is 5. The quantitative estimate of drug-likeness (QED) is 0.295. The molecule has 1 N–H and O–H groups in total. The summed E-state index contributed by atoms with van der Waals surface area (Å²) in [5.41, 5.74) is 0.463. The monoisotopic (exact) mass is 613 g/mol. The van der Waals surface area contributed by atoms with Gasteiger partial charge in [-0.2, -0.15) is 23.5 Å². The van der Waals surface area contributed by atoms with Crippen LogP contribution in [0.1, 0.15) is 17.7 Å². The number of halogens is 4. The summed E-state index contributed by atoms with van der Waals surface area (Å²) in [6, 6.07) is 11.9. The third-order valence-corrected chi connectivity index (χ3v) is 8.88. The van der Waals surface area contributed by atoms with E-state index >= 15 is 0 Å². The first-order chi connectivity index (χ1) is 20.1. The van der Waals surface area contributed by atoms with E-state index in [4.69, 9.17) is 11.6 Å². The minimum absolute atomic E-state index is 0.122. The number of nitrogens with one attached hydrogen (secondary N) is 1. The predicted molar refractivity (Wildman–Crippen MR) is 154 cm³/mol. The Bertz CT molecular complexity index is 1980. The van der Waals surface area contributed by atoms with Gasteiger partial charge in [-0.15, -0.1) is 11.3 Å². The maximum absolute atomic E-state index is 13.0. The molecule has 0 amide bonds. The van der Waals surface area contributed by atoms with Crippen LogP contribution in [0.15, 0.2) is 58.5 Å². The fraction of sp³-hybridized carbons (Fsp3) is 0.321. The van der Waals surface area contributed by atoms with Crippen molar-refractivity contribution in [2.45, 2.75) is 38.7 Å². The summed E-state index contributed by atoms with van der Waals surface area (Å²) < 4.78 is 42.7. The van der Waals surface area contributed by atoms with E-state index in [2.05, 4.69) is 26.0 Å². The molecule has 1 aromatic carbocycles. The van der Waals surface area contributed by atoms with Gasteiger partial charge in [-0.1, -0.05) is 11.6 Å². The van der Waals surface area contributed by atoms with Crippen LogP contribution in [0.4, 0.5) is 13.2 Å². The number of piperidine rings is 1. The van der Waals surface area contributed by atoms with Crippen molar-refractivity contribution < 1.29 is 13.2 Å². The second-order valence-corrected chi connectivity index (χ2v) is 12.0. The number of hydrogen-bond donors (Lipinski definition) is 1. The smallest absolute Gasteiger partial charge is 0.345 e. The molecular formula is C28H23ClF3N7O2S. The number of hydrogen-bond acceptors (Lipinski definition) is 7. The van der Waals surface area contributed by atoms with Crippen molar-refractivity contribution in [3.63, 3.8) is 0 Å². The lowest BCUT2D eigenvalue weighted by molar-refractivity contribution is -0.142. The molecule has 1 aliphatic rings. The number of nitriles is 1.